The number of hydrogen-bond acceptors (Lipinski definition) is 3. The highest BCUT2D eigenvalue weighted by molar-refractivity contribution is 8.00. The minimum absolute atomic E-state index is 0.0670. The van der Waals surface area contributed by atoms with Crippen LogP contribution in [0.3, 0.4) is 0 Å². The van der Waals surface area contributed by atoms with E-state index in [1.165, 1.54) is 10.5 Å². The maximum absolute atomic E-state index is 5.94. The molecule has 0 saturated heterocycles. The molecule has 1 aromatic rings. The molecule has 17 heavy (non-hydrogen) atoms. The molecule has 0 N–H and O–H groups in total. The highest BCUT2D eigenvalue weighted by atomic mass is 32.2. The van der Waals surface area contributed by atoms with Crippen molar-refractivity contribution in [1.82, 2.24) is 0 Å². The molecule has 0 spiro atoms. The number of thioether (sulfide) groups is 1. The number of ether oxygens (including phenoxy) is 2. The fourth-order valence-electron chi connectivity index (χ4n) is 2.13. The van der Waals surface area contributed by atoms with E-state index in [1.807, 2.05) is 6.92 Å². The van der Waals surface area contributed by atoms with Crippen LogP contribution in [0.15, 0.2) is 34.9 Å². The highest BCUT2D eigenvalue weighted by Gasteiger charge is 2.35. The SMILES string of the molecule is CC1=C[C@H]2Oc3ccc(C(C)C)cc3S[C@H]2O1. The van der Waals surface area contributed by atoms with Crippen molar-refractivity contribution in [2.45, 2.75) is 43.1 Å². The van der Waals surface area contributed by atoms with Gasteiger partial charge in [-0.15, -0.1) is 0 Å². The third-order valence-corrected chi connectivity index (χ3v) is 4.28. The summed E-state index contributed by atoms with van der Waals surface area (Å²) in [6.45, 7) is 6.39. The molecule has 1 aromatic carbocycles. The van der Waals surface area contributed by atoms with Gasteiger partial charge in [-0.2, -0.15) is 0 Å². The topological polar surface area (TPSA) is 18.5 Å². The Hall–Kier alpha value is -1.09. The third-order valence-electron chi connectivity index (χ3n) is 3.11. The molecule has 2 heterocycles. The molecule has 2 aliphatic rings. The monoisotopic (exact) mass is 248 g/mol. The van der Waals surface area contributed by atoms with Crippen LogP contribution in [0, 0.1) is 0 Å². The smallest absolute Gasteiger partial charge is 0.189 e. The van der Waals surface area contributed by atoms with Crippen LogP contribution in [0.1, 0.15) is 32.3 Å². The van der Waals surface area contributed by atoms with E-state index in [0.29, 0.717) is 5.92 Å². The van der Waals surface area contributed by atoms with Crippen molar-refractivity contribution in [2.24, 2.45) is 0 Å². The zero-order valence-corrected chi connectivity index (χ0v) is 11.1. The Balaban J connectivity index is 1.92. The summed E-state index contributed by atoms with van der Waals surface area (Å²) in [4.78, 5) is 1.19. The maximum atomic E-state index is 5.94. The normalized spacial score (nSPS) is 25.8. The summed E-state index contributed by atoms with van der Waals surface area (Å²) < 4.78 is 11.7. The summed E-state index contributed by atoms with van der Waals surface area (Å²) in [5.74, 6) is 2.49. The fraction of sp³-hybridized carbons (Fsp3) is 0.429. The molecule has 2 atom stereocenters. The lowest BCUT2D eigenvalue weighted by atomic mass is 10.0. The van der Waals surface area contributed by atoms with Gasteiger partial charge in [0.15, 0.2) is 11.5 Å². The first-order valence-corrected chi connectivity index (χ1v) is 6.84. The van der Waals surface area contributed by atoms with E-state index < -0.39 is 0 Å². The van der Waals surface area contributed by atoms with E-state index in [4.69, 9.17) is 9.47 Å². The Bertz CT molecular complexity index is 479. The Morgan fingerprint density at radius 3 is 2.82 bits per heavy atom. The summed E-state index contributed by atoms with van der Waals surface area (Å²) in [6, 6.07) is 6.45. The second-order valence-electron chi connectivity index (χ2n) is 4.82. The van der Waals surface area contributed by atoms with Crippen LogP contribution < -0.4 is 4.74 Å². The van der Waals surface area contributed by atoms with Crippen LogP contribution in [0.5, 0.6) is 5.75 Å². The third kappa shape index (κ3) is 1.93. The Morgan fingerprint density at radius 1 is 1.24 bits per heavy atom. The Kier molecular flexibility index (Phi) is 2.58. The molecular weight excluding hydrogens is 232 g/mol. The van der Waals surface area contributed by atoms with E-state index in [9.17, 15) is 0 Å². The molecule has 2 aliphatic heterocycles. The van der Waals surface area contributed by atoms with Crippen molar-refractivity contribution < 1.29 is 9.47 Å². The van der Waals surface area contributed by atoms with Crippen molar-refractivity contribution in [1.29, 1.82) is 0 Å². The van der Waals surface area contributed by atoms with E-state index in [2.05, 4.69) is 38.1 Å². The number of hydrogen-bond donors (Lipinski definition) is 0. The molecule has 0 bridgehead atoms. The van der Waals surface area contributed by atoms with Crippen molar-refractivity contribution >= 4 is 11.8 Å². The number of allylic oxidation sites excluding steroid dienone is 1. The van der Waals surface area contributed by atoms with Gasteiger partial charge in [-0.1, -0.05) is 31.7 Å². The molecule has 0 radical (unpaired) electrons. The standard InChI is InChI=1S/C14H16O2S/c1-8(2)10-4-5-11-13(7-10)17-14-12(16-11)6-9(3)15-14/h4-8,12,14H,1-3H3/t12-,14-/m1/s1. The summed E-state index contributed by atoms with van der Waals surface area (Å²) in [6.07, 6.45) is 2.12. The van der Waals surface area contributed by atoms with Crippen LogP contribution in [0.4, 0.5) is 0 Å². The predicted octanol–water partition coefficient (Wildman–Crippen LogP) is 3.92. The lowest BCUT2D eigenvalue weighted by Gasteiger charge is -2.27. The van der Waals surface area contributed by atoms with E-state index in [1.54, 1.807) is 11.8 Å². The number of rotatable bonds is 1. The molecule has 3 heteroatoms. The molecule has 0 unspecified atom stereocenters. The van der Waals surface area contributed by atoms with E-state index in [-0.39, 0.29) is 11.5 Å². The van der Waals surface area contributed by atoms with Crippen LogP contribution in [-0.2, 0) is 4.74 Å². The summed E-state index contributed by atoms with van der Waals surface area (Å²) in [5.41, 5.74) is 1.44. The first kappa shape index (κ1) is 11.0. The minimum Gasteiger partial charge on any atom is -0.480 e. The molecule has 2 nitrogen and oxygen atoms in total. The molecule has 3 rings (SSSR count). The van der Waals surface area contributed by atoms with Gasteiger partial charge < -0.3 is 9.47 Å². The first-order valence-electron chi connectivity index (χ1n) is 5.96. The van der Waals surface area contributed by atoms with Gasteiger partial charge in [-0.05, 0) is 36.6 Å². The van der Waals surface area contributed by atoms with Gasteiger partial charge in [-0.3, -0.25) is 0 Å². The van der Waals surface area contributed by atoms with E-state index in [0.717, 1.165) is 11.5 Å². The summed E-state index contributed by atoms with van der Waals surface area (Å²) in [5, 5.41) is 0. The van der Waals surface area contributed by atoms with Gasteiger partial charge in [0.1, 0.15) is 5.75 Å². The second-order valence-corrected chi connectivity index (χ2v) is 5.96. The van der Waals surface area contributed by atoms with Crippen molar-refractivity contribution in [2.75, 3.05) is 0 Å². The van der Waals surface area contributed by atoms with E-state index >= 15 is 0 Å². The second kappa shape index (κ2) is 3.98. The molecule has 0 fully saturated rings. The van der Waals surface area contributed by atoms with Gasteiger partial charge >= 0.3 is 0 Å². The largest absolute Gasteiger partial charge is 0.480 e. The van der Waals surface area contributed by atoms with Crippen molar-refractivity contribution in [3.63, 3.8) is 0 Å². The fourth-order valence-corrected chi connectivity index (χ4v) is 3.28. The molecule has 0 aliphatic carbocycles. The molecule has 0 saturated carbocycles. The van der Waals surface area contributed by atoms with Crippen molar-refractivity contribution in [3.05, 3.63) is 35.6 Å². The van der Waals surface area contributed by atoms with Gasteiger partial charge in [-0.25, -0.2) is 0 Å². The van der Waals surface area contributed by atoms with Crippen LogP contribution in [-0.4, -0.2) is 11.5 Å². The molecule has 90 valence electrons. The zero-order valence-electron chi connectivity index (χ0n) is 10.3. The minimum atomic E-state index is 0.0670. The lowest BCUT2D eigenvalue weighted by molar-refractivity contribution is 0.119. The number of fused-ring (bicyclic) bond motifs is 2. The zero-order chi connectivity index (χ0) is 12.0. The van der Waals surface area contributed by atoms with Crippen LogP contribution >= 0.6 is 11.8 Å². The Labute approximate surface area is 106 Å². The highest BCUT2D eigenvalue weighted by Crippen LogP contribution is 2.44. The van der Waals surface area contributed by atoms with Crippen LogP contribution in [0.25, 0.3) is 0 Å². The van der Waals surface area contributed by atoms with Crippen molar-refractivity contribution in [3.8, 4) is 5.75 Å². The average Bonchev–Trinajstić information content (AvgIpc) is 2.63. The molecule has 0 amide bonds. The lowest BCUT2D eigenvalue weighted by Crippen LogP contribution is -2.28. The van der Waals surface area contributed by atoms with Gasteiger partial charge in [0.05, 0.1) is 10.7 Å². The van der Waals surface area contributed by atoms with Gasteiger partial charge in [0.2, 0.25) is 0 Å². The molecule has 0 aromatic heterocycles. The predicted molar refractivity (Wildman–Crippen MR) is 69.4 cm³/mol. The average molecular weight is 248 g/mol. The van der Waals surface area contributed by atoms with Gasteiger partial charge in [0.25, 0.3) is 0 Å². The molecular formula is C14H16O2S. The quantitative estimate of drug-likeness (QED) is 0.750. The van der Waals surface area contributed by atoms with Gasteiger partial charge in [0, 0.05) is 0 Å². The summed E-state index contributed by atoms with van der Waals surface area (Å²) in [7, 11) is 0. The summed E-state index contributed by atoms with van der Waals surface area (Å²) >= 11 is 1.76. The Morgan fingerprint density at radius 2 is 2.06 bits per heavy atom. The first-order chi connectivity index (χ1) is 8.13. The maximum Gasteiger partial charge on any atom is 0.189 e. The van der Waals surface area contributed by atoms with Crippen LogP contribution in [0.2, 0.25) is 0 Å². The number of benzene rings is 1.